The third kappa shape index (κ3) is 7.20. The molecule has 0 aliphatic rings. The van der Waals surface area contributed by atoms with Crippen molar-refractivity contribution >= 4 is 17.7 Å². The molecule has 0 aliphatic heterocycles. The number of rotatable bonds is 9. The molecule has 1 amide bonds. The number of carbonyl (C=O) groups excluding carboxylic acids is 1. The SMILES string of the molecule is Cc1ccc(CSCCNC(=O)CCCc2nc(C(C)(C)C)no2)cc1. The zero-order chi connectivity index (χ0) is 19.0. The zero-order valence-electron chi connectivity index (χ0n) is 16.2. The topological polar surface area (TPSA) is 68.0 Å². The molecule has 0 spiro atoms. The van der Waals surface area contributed by atoms with E-state index in [0.717, 1.165) is 11.5 Å². The zero-order valence-corrected chi connectivity index (χ0v) is 17.0. The fourth-order valence-electron chi connectivity index (χ4n) is 2.29. The fourth-order valence-corrected chi connectivity index (χ4v) is 3.11. The third-order valence-electron chi connectivity index (χ3n) is 3.89. The molecular weight excluding hydrogens is 346 g/mol. The molecule has 0 aliphatic carbocycles. The first-order chi connectivity index (χ1) is 12.3. The predicted octanol–water partition coefficient (Wildman–Crippen LogP) is 4.05. The van der Waals surface area contributed by atoms with E-state index in [1.807, 2.05) is 32.5 Å². The van der Waals surface area contributed by atoms with Gasteiger partial charge in [0.1, 0.15) is 0 Å². The van der Waals surface area contributed by atoms with Gasteiger partial charge in [-0.2, -0.15) is 16.7 Å². The first-order valence-corrected chi connectivity index (χ1v) is 10.2. The lowest BCUT2D eigenvalue weighted by atomic mass is 9.96. The molecule has 0 atom stereocenters. The Morgan fingerprint density at radius 2 is 1.96 bits per heavy atom. The minimum atomic E-state index is -0.116. The molecule has 26 heavy (non-hydrogen) atoms. The summed E-state index contributed by atoms with van der Waals surface area (Å²) in [4.78, 5) is 16.3. The maximum Gasteiger partial charge on any atom is 0.226 e. The summed E-state index contributed by atoms with van der Waals surface area (Å²) in [6, 6.07) is 8.57. The number of aryl methyl sites for hydroxylation is 2. The Labute approximate surface area is 160 Å². The van der Waals surface area contributed by atoms with Crippen molar-refractivity contribution in [2.24, 2.45) is 0 Å². The Morgan fingerprint density at radius 1 is 1.23 bits per heavy atom. The summed E-state index contributed by atoms with van der Waals surface area (Å²) >= 11 is 1.83. The lowest BCUT2D eigenvalue weighted by molar-refractivity contribution is -0.121. The van der Waals surface area contributed by atoms with Gasteiger partial charge in [0.05, 0.1) is 0 Å². The number of amides is 1. The van der Waals surface area contributed by atoms with Gasteiger partial charge in [-0.25, -0.2) is 0 Å². The molecule has 0 saturated heterocycles. The summed E-state index contributed by atoms with van der Waals surface area (Å²) in [6.07, 6.45) is 1.84. The maximum atomic E-state index is 11.9. The third-order valence-corrected chi connectivity index (χ3v) is 4.92. The van der Waals surface area contributed by atoms with Gasteiger partial charge < -0.3 is 9.84 Å². The minimum Gasteiger partial charge on any atom is -0.355 e. The molecule has 0 fully saturated rings. The first-order valence-electron chi connectivity index (χ1n) is 9.07. The van der Waals surface area contributed by atoms with Gasteiger partial charge in [0.2, 0.25) is 11.8 Å². The van der Waals surface area contributed by atoms with Crippen LogP contribution in [0.1, 0.15) is 56.5 Å². The van der Waals surface area contributed by atoms with Gasteiger partial charge in [-0.15, -0.1) is 0 Å². The number of nitrogens with zero attached hydrogens (tertiary/aromatic N) is 2. The van der Waals surface area contributed by atoms with Crippen molar-refractivity contribution in [3.63, 3.8) is 0 Å². The van der Waals surface area contributed by atoms with E-state index in [9.17, 15) is 4.79 Å². The van der Waals surface area contributed by atoms with Crippen molar-refractivity contribution in [2.75, 3.05) is 12.3 Å². The Hall–Kier alpha value is -1.82. The van der Waals surface area contributed by atoms with Crippen LogP contribution in [0.5, 0.6) is 0 Å². The summed E-state index contributed by atoms with van der Waals surface area (Å²) in [6.45, 7) is 8.93. The van der Waals surface area contributed by atoms with E-state index in [-0.39, 0.29) is 11.3 Å². The highest BCUT2D eigenvalue weighted by molar-refractivity contribution is 7.98. The van der Waals surface area contributed by atoms with Crippen molar-refractivity contribution in [1.29, 1.82) is 0 Å². The molecule has 1 aromatic carbocycles. The van der Waals surface area contributed by atoms with E-state index in [4.69, 9.17) is 4.52 Å². The largest absolute Gasteiger partial charge is 0.355 e. The van der Waals surface area contributed by atoms with Crippen LogP contribution < -0.4 is 5.32 Å². The molecule has 1 heterocycles. The number of carbonyl (C=O) groups is 1. The number of hydrogen-bond acceptors (Lipinski definition) is 5. The van der Waals surface area contributed by atoms with Crippen molar-refractivity contribution in [1.82, 2.24) is 15.5 Å². The number of benzene rings is 1. The second kappa shape index (κ2) is 9.76. The van der Waals surface area contributed by atoms with Crippen LogP contribution in [0.3, 0.4) is 0 Å². The molecule has 2 aromatic rings. The van der Waals surface area contributed by atoms with Gasteiger partial charge in [0.15, 0.2) is 5.82 Å². The summed E-state index contributed by atoms with van der Waals surface area (Å²) in [5.74, 6) is 3.29. The standard InChI is InChI=1S/C20H29N3O2S/c1-15-8-10-16(11-9-15)14-26-13-12-21-17(24)6-5-7-18-22-19(23-25-18)20(2,3)4/h8-11H,5-7,12-14H2,1-4H3,(H,21,24). The Bertz CT molecular complexity index is 690. The van der Waals surface area contributed by atoms with Crippen molar-refractivity contribution < 1.29 is 9.32 Å². The second-order valence-electron chi connectivity index (χ2n) is 7.50. The van der Waals surface area contributed by atoms with E-state index >= 15 is 0 Å². The minimum absolute atomic E-state index is 0.0801. The lowest BCUT2D eigenvalue weighted by Gasteiger charge is -2.10. The van der Waals surface area contributed by atoms with Gasteiger partial charge in [0, 0.05) is 36.3 Å². The van der Waals surface area contributed by atoms with Gasteiger partial charge in [-0.05, 0) is 18.9 Å². The van der Waals surface area contributed by atoms with Crippen LogP contribution in [0.25, 0.3) is 0 Å². The molecule has 1 N–H and O–H groups in total. The number of hydrogen-bond donors (Lipinski definition) is 1. The molecule has 0 bridgehead atoms. The van der Waals surface area contributed by atoms with Gasteiger partial charge >= 0.3 is 0 Å². The summed E-state index contributed by atoms with van der Waals surface area (Å²) in [5, 5.41) is 6.96. The highest BCUT2D eigenvalue weighted by Gasteiger charge is 2.20. The molecular formula is C20H29N3O2S. The average Bonchev–Trinajstić information content (AvgIpc) is 3.05. The van der Waals surface area contributed by atoms with Crippen LogP contribution in [-0.4, -0.2) is 28.3 Å². The summed E-state index contributed by atoms with van der Waals surface area (Å²) in [7, 11) is 0. The van der Waals surface area contributed by atoms with Crippen LogP contribution in [0.15, 0.2) is 28.8 Å². The second-order valence-corrected chi connectivity index (χ2v) is 8.61. The molecule has 0 saturated carbocycles. The molecule has 0 unspecified atom stereocenters. The highest BCUT2D eigenvalue weighted by Crippen LogP contribution is 2.19. The number of thioether (sulfide) groups is 1. The monoisotopic (exact) mass is 375 g/mol. The van der Waals surface area contributed by atoms with Gasteiger partial charge in [-0.3, -0.25) is 4.79 Å². The van der Waals surface area contributed by atoms with Crippen LogP contribution in [0.4, 0.5) is 0 Å². The molecule has 5 nitrogen and oxygen atoms in total. The maximum absolute atomic E-state index is 11.9. The van der Waals surface area contributed by atoms with E-state index in [0.29, 0.717) is 37.5 Å². The van der Waals surface area contributed by atoms with E-state index in [1.54, 1.807) is 0 Å². The molecule has 142 valence electrons. The summed E-state index contributed by atoms with van der Waals surface area (Å²) in [5.41, 5.74) is 2.48. The van der Waals surface area contributed by atoms with Crippen LogP contribution >= 0.6 is 11.8 Å². The first kappa shape index (κ1) is 20.5. The van der Waals surface area contributed by atoms with Crippen molar-refractivity contribution in [3.05, 3.63) is 47.1 Å². The average molecular weight is 376 g/mol. The fraction of sp³-hybridized carbons (Fsp3) is 0.550. The Balaban J connectivity index is 1.55. The summed E-state index contributed by atoms with van der Waals surface area (Å²) < 4.78 is 5.24. The smallest absolute Gasteiger partial charge is 0.226 e. The van der Waals surface area contributed by atoms with E-state index in [1.165, 1.54) is 11.1 Å². The Morgan fingerprint density at radius 3 is 2.62 bits per heavy atom. The lowest BCUT2D eigenvalue weighted by Crippen LogP contribution is -2.25. The van der Waals surface area contributed by atoms with E-state index < -0.39 is 0 Å². The molecule has 2 rings (SSSR count). The normalized spacial score (nSPS) is 11.5. The predicted molar refractivity (Wildman–Crippen MR) is 106 cm³/mol. The number of nitrogens with one attached hydrogen (secondary N) is 1. The van der Waals surface area contributed by atoms with Crippen LogP contribution in [-0.2, 0) is 22.4 Å². The molecule has 6 heteroatoms. The van der Waals surface area contributed by atoms with Gasteiger partial charge in [-0.1, -0.05) is 55.8 Å². The van der Waals surface area contributed by atoms with Gasteiger partial charge in [0.25, 0.3) is 0 Å². The van der Waals surface area contributed by atoms with Crippen LogP contribution in [0, 0.1) is 6.92 Å². The molecule has 0 radical (unpaired) electrons. The highest BCUT2D eigenvalue weighted by atomic mass is 32.2. The quantitative estimate of drug-likeness (QED) is 0.670. The Kier molecular flexibility index (Phi) is 7.69. The van der Waals surface area contributed by atoms with Crippen molar-refractivity contribution in [3.8, 4) is 0 Å². The number of aromatic nitrogens is 2. The molecule has 1 aromatic heterocycles. The van der Waals surface area contributed by atoms with Crippen LogP contribution in [0.2, 0.25) is 0 Å². The van der Waals surface area contributed by atoms with E-state index in [2.05, 4.69) is 46.6 Å². The van der Waals surface area contributed by atoms with Crippen molar-refractivity contribution in [2.45, 2.75) is 58.1 Å².